The van der Waals surface area contributed by atoms with Crippen LogP contribution in [0.15, 0.2) is 67.0 Å². The molecule has 8 N–H and O–H groups in total. The van der Waals surface area contributed by atoms with Crippen molar-refractivity contribution in [1.82, 2.24) is 9.97 Å². The summed E-state index contributed by atoms with van der Waals surface area (Å²) >= 11 is 0. The van der Waals surface area contributed by atoms with Crippen LogP contribution in [0.3, 0.4) is 0 Å². The smallest absolute Gasteiger partial charge is 0.347 e. The predicted octanol–water partition coefficient (Wildman–Crippen LogP) is 2.35. The van der Waals surface area contributed by atoms with Crippen molar-refractivity contribution >= 4 is 44.6 Å². The molecule has 0 radical (unpaired) electrons. The lowest BCUT2D eigenvalue weighted by molar-refractivity contribution is 0.516. The molecule has 0 fully saturated rings. The molecule has 0 aliphatic carbocycles. The van der Waals surface area contributed by atoms with Crippen LogP contribution in [-0.4, -0.2) is 9.97 Å². The molecular formula is C22H16N6O4. The molecule has 0 amide bonds. The van der Waals surface area contributed by atoms with Crippen molar-refractivity contribution in [2.75, 3.05) is 22.9 Å². The van der Waals surface area contributed by atoms with E-state index in [1.807, 2.05) is 0 Å². The molecular weight excluding hydrogens is 412 g/mol. The fraction of sp³-hybridized carbons (Fsp3) is 0. The number of benzene rings is 3. The van der Waals surface area contributed by atoms with Crippen LogP contribution in [0.2, 0.25) is 0 Å². The maximum Gasteiger partial charge on any atom is 0.347 e. The van der Waals surface area contributed by atoms with Crippen LogP contribution in [0.4, 0.5) is 22.7 Å². The Bertz CT molecular complexity index is 1530. The van der Waals surface area contributed by atoms with E-state index < -0.39 is 11.3 Å². The Morgan fingerprint density at radius 2 is 0.906 bits per heavy atom. The van der Waals surface area contributed by atoms with Gasteiger partial charge in [0, 0.05) is 11.1 Å². The Hall–Kier alpha value is -4.86. The average molecular weight is 428 g/mol. The molecule has 5 rings (SSSR count). The molecule has 32 heavy (non-hydrogen) atoms. The Kier molecular flexibility index (Phi) is 4.09. The first-order chi connectivity index (χ1) is 15.3. The lowest BCUT2D eigenvalue weighted by Crippen LogP contribution is -2.06. The Labute approximate surface area is 179 Å². The van der Waals surface area contributed by atoms with E-state index in [2.05, 4.69) is 9.97 Å². The predicted molar refractivity (Wildman–Crippen MR) is 123 cm³/mol. The maximum absolute atomic E-state index is 12.4. The molecule has 3 aromatic carbocycles. The summed E-state index contributed by atoms with van der Waals surface area (Å²) in [5, 5.41) is 0.471. The molecule has 5 aromatic rings. The lowest BCUT2D eigenvalue weighted by Gasteiger charge is -2.06. The number of hydrogen-bond acceptors (Lipinski definition) is 10. The third-order valence-electron chi connectivity index (χ3n) is 5.04. The molecule has 0 unspecified atom stereocenters. The van der Waals surface area contributed by atoms with Gasteiger partial charge in [0.25, 0.3) is 0 Å². The summed E-state index contributed by atoms with van der Waals surface area (Å²) in [6, 6.07) is 12.6. The van der Waals surface area contributed by atoms with Crippen molar-refractivity contribution in [1.29, 1.82) is 0 Å². The molecule has 2 heterocycles. The molecule has 0 saturated carbocycles. The van der Waals surface area contributed by atoms with Crippen LogP contribution in [0.1, 0.15) is 0 Å². The fourth-order valence-corrected chi connectivity index (χ4v) is 3.31. The second kappa shape index (κ2) is 6.84. The van der Waals surface area contributed by atoms with Gasteiger partial charge < -0.3 is 31.8 Å². The molecule has 10 nitrogen and oxygen atoms in total. The van der Waals surface area contributed by atoms with Crippen LogP contribution in [-0.2, 0) is 0 Å². The van der Waals surface area contributed by atoms with Crippen molar-refractivity contribution < 1.29 is 8.83 Å². The van der Waals surface area contributed by atoms with E-state index in [0.717, 1.165) is 0 Å². The van der Waals surface area contributed by atoms with Crippen LogP contribution >= 0.6 is 0 Å². The van der Waals surface area contributed by atoms with Gasteiger partial charge in [0.15, 0.2) is 0 Å². The fourth-order valence-electron chi connectivity index (χ4n) is 3.31. The maximum atomic E-state index is 12.4. The van der Waals surface area contributed by atoms with Gasteiger partial charge in [0.05, 0.1) is 44.6 Å². The van der Waals surface area contributed by atoms with Gasteiger partial charge in [0.1, 0.15) is 0 Å². The van der Waals surface area contributed by atoms with Crippen LogP contribution in [0.25, 0.3) is 44.7 Å². The zero-order valence-corrected chi connectivity index (χ0v) is 16.5. The van der Waals surface area contributed by atoms with Crippen molar-refractivity contribution in [3.05, 3.63) is 69.4 Å². The highest BCUT2D eigenvalue weighted by Crippen LogP contribution is 2.27. The molecule has 158 valence electrons. The third-order valence-corrected chi connectivity index (χ3v) is 5.04. The molecule has 0 aliphatic heterocycles. The van der Waals surface area contributed by atoms with E-state index in [9.17, 15) is 9.59 Å². The summed E-state index contributed by atoms with van der Waals surface area (Å²) in [6.07, 6.45) is 0. The standard InChI is InChI=1S/C22H16N6O4/c23-13-5-11-17(7-15(13)25)27-19(31-21(11)29)9-1-2-10(4-3-9)20-28-18-8-16(26)14(24)6-12(18)22(30)32-20/h1-8H,23-26H2. The summed E-state index contributed by atoms with van der Waals surface area (Å²) < 4.78 is 10.7. The number of rotatable bonds is 2. The van der Waals surface area contributed by atoms with E-state index in [1.165, 1.54) is 24.3 Å². The monoisotopic (exact) mass is 428 g/mol. The van der Waals surface area contributed by atoms with E-state index in [1.54, 1.807) is 24.3 Å². The number of nitrogen functional groups attached to an aromatic ring is 4. The summed E-state index contributed by atoms with van der Waals surface area (Å²) in [5.74, 6) is 0.212. The van der Waals surface area contributed by atoms with Crippen LogP contribution < -0.4 is 34.2 Å². The first-order valence-corrected chi connectivity index (χ1v) is 9.40. The van der Waals surface area contributed by atoms with Crippen molar-refractivity contribution in [2.45, 2.75) is 0 Å². The van der Waals surface area contributed by atoms with Gasteiger partial charge in [0.2, 0.25) is 11.8 Å². The second-order valence-electron chi connectivity index (χ2n) is 7.19. The number of nitrogens with two attached hydrogens (primary N) is 4. The zero-order valence-electron chi connectivity index (χ0n) is 16.5. The topological polar surface area (TPSA) is 190 Å². The highest BCUT2D eigenvalue weighted by molar-refractivity contribution is 5.89. The number of nitrogens with zero attached hydrogens (tertiary/aromatic N) is 2. The Balaban J connectivity index is 1.57. The van der Waals surface area contributed by atoms with Gasteiger partial charge in [-0.05, 0) is 48.5 Å². The third kappa shape index (κ3) is 3.06. The van der Waals surface area contributed by atoms with E-state index in [0.29, 0.717) is 33.5 Å². The van der Waals surface area contributed by atoms with Gasteiger partial charge in [-0.3, -0.25) is 0 Å². The Morgan fingerprint density at radius 1 is 0.562 bits per heavy atom. The molecule has 0 bridgehead atoms. The minimum atomic E-state index is -0.583. The van der Waals surface area contributed by atoms with Crippen molar-refractivity contribution in [2.24, 2.45) is 0 Å². The van der Waals surface area contributed by atoms with Crippen molar-refractivity contribution in [3.8, 4) is 22.9 Å². The highest BCUT2D eigenvalue weighted by atomic mass is 16.4. The van der Waals surface area contributed by atoms with E-state index in [-0.39, 0.29) is 33.9 Å². The van der Waals surface area contributed by atoms with Crippen molar-refractivity contribution in [3.63, 3.8) is 0 Å². The average Bonchev–Trinajstić information content (AvgIpc) is 2.76. The van der Waals surface area contributed by atoms with Gasteiger partial charge in [-0.2, -0.15) is 0 Å². The normalized spacial score (nSPS) is 11.2. The van der Waals surface area contributed by atoms with Gasteiger partial charge in [-0.25, -0.2) is 19.6 Å². The second-order valence-corrected chi connectivity index (χ2v) is 7.19. The van der Waals surface area contributed by atoms with Gasteiger partial charge in [-0.15, -0.1) is 0 Å². The highest BCUT2D eigenvalue weighted by Gasteiger charge is 2.13. The molecule has 2 aromatic heterocycles. The number of fused-ring (bicyclic) bond motifs is 2. The first-order valence-electron chi connectivity index (χ1n) is 9.40. The number of anilines is 4. The molecule has 10 heteroatoms. The van der Waals surface area contributed by atoms with Crippen LogP contribution in [0.5, 0.6) is 0 Å². The van der Waals surface area contributed by atoms with Gasteiger partial charge >= 0.3 is 11.3 Å². The quantitative estimate of drug-likeness (QED) is 0.303. The molecule has 0 saturated heterocycles. The molecule has 0 aliphatic rings. The number of aromatic nitrogens is 2. The van der Waals surface area contributed by atoms with Gasteiger partial charge in [-0.1, -0.05) is 0 Å². The zero-order chi connectivity index (χ0) is 22.6. The summed E-state index contributed by atoms with van der Waals surface area (Å²) in [6.45, 7) is 0. The first kappa shape index (κ1) is 19.1. The summed E-state index contributed by atoms with van der Waals surface area (Å²) in [5.41, 5.74) is 25.0. The molecule has 0 spiro atoms. The minimum Gasteiger partial charge on any atom is -0.403 e. The van der Waals surface area contributed by atoms with Crippen LogP contribution in [0, 0.1) is 0 Å². The lowest BCUT2D eigenvalue weighted by atomic mass is 10.1. The summed E-state index contributed by atoms with van der Waals surface area (Å²) in [4.78, 5) is 33.4. The SMILES string of the molecule is Nc1cc2nc(-c3ccc(-c4nc5cc(N)c(N)cc5c(=O)o4)cc3)oc(=O)c2cc1N. The van der Waals surface area contributed by atoms with E-state index in [4.69, 9.17) is 31.8 Å². The molecule has 0 atom stereocenters. The number of hydrogen-bond donors (Lipinski definition) is 4. The van der Waals surface area contributed by atoms with E-state index >= 15 is 0 Å². The Morgan fingerprint density at radius 3 is 1.28 bits per heavy atom. The largest absolute Gasteiger partial charge is 0.403 e. The summed E-state index contributed by atoms with van der Waals surface area (Å²) in [7, 11) is 0. The minimum absolute atomic E-state index is 0.106.